The van der Waals surface area contributed by atoms with Crippen LogP contribution in [0.15, 0.2) is 30.5 Å². The average Bonchev–Trinajstić information content (AvgIpc) is 2.81. The summed E-state index contributed by atoms with van der Waals surface area (Å²) in [5.41, 5.74) is 3.50. The minimum atomic E-state index is 0.452. The summed E-state index contributed by atoms with van der Waals surface area (Å²) in [6, 6.07) is 8.11. The first-order valence-corrected chi connectivity index (χ1v) is 5.40. The van der Waals surface area contributed by atoms with Crippen molar-refractivity contribution in [3.63, 3.8) is 0 Å². The number of hydrogen-bond acceptors (Lipinski definition) is 2. The molecule has 0 spiro atoms. The SMILES string of the molecule is COc1ccc(-c2ccn[nH]2)c(C(C)C)c1. The first kappa shape index (κ1) is 10.7. The lowest BCUT2D eigenvalue weighted by molar-refractivity contribution is 0.414. The number of aromatic nitrogens is 2. The van der Waals surface area contributed by atoms with Crippen LogP contribution in [0.4, 0.5) is 0 Å². The van der Waals surface area contributed by atoms with Gasteiger partial charge in [-0.25, -0.2) is 0 Å². The topological polar surface area (TPSA) is 37.9 Å². The van der Waals surface area contributed by atoms with Crippen LogP contribution in [0.25, 0.3) is 11.3 Å². The number of nitrogens with zero attached hydrogens (tertiary/aromatic N) is 1. The molecular formula is C13H16N2O. The van der Waals surface area contributed by atoms with Crippen LogP contribution in [0.1, 0.15) is 25.3 Å². The predicted octanol–water partition coefficient (Wildman–Crippen LogP) is 3.21. The van der Waals surface area contributed by atoms with Crippen LogP contribution in [0.2, 0.25) is 0 Å². The van der Waals surface area contributed by atoms with Gasteiger partial charge in [0.15, 0.2) is 0 Å². The molecule has 0 amide bonds. The van der Waals surface area contributed by atoms with E-state index >= 15 is 0 Å². The second-order valence-electron chi connectivity index (χ2n) is 4.08. The summed E-state index contributed by atoms with van der Waals surface area (Å²) in [5.74, 6) is 1.35. The fourth-order valence-corrected chi connectivity index (χ4v) is 1.80. The Balaban J connectivity index is 2.53. The van der Waals surface area contributed by atoms with E-state index in [1.165, 1.54) is 11.1 Å². The Morgan fingerprint density at radius 3 is 2.62 bits per heavy atom. The smallest absolute Gasteiger partial charge is 0.119 e. The van der Waals surface area contributed by atoms with Gasteiger partial charge in [0, 0.05) is 11.8 Å². The lowest BCUT2D eigenvalue weighted by atomic mass is 9.95. The molecule has 0 radical (unpaired) electrons. The van der Waals surface area contributed by atoms with Crippen LogP contribution < -0.4 is 4.74 Å². The van der Waals surface area contributed by atoms with Gasteiger partial charge in [0.05, 0.1) is 12.8 Å². The lowest BCUT2D eigenvalue weighted by Gasteiger charge is -2.13. The zero-order valence-electron chi connectivity index (χ0n) is 9.82. The van der Waals surface area contributed by atoms with Gasteiger partial charge < -0.3 is 4.74 Å². The molecule has 1 aromatic heterocycles. The number of rotatable bonds is 3. The van der Waals surface area contributed by atoms with Crippen molar-refractivity contribution in [3.8, 4) is 17.0 Å². The molecule has 3 nitrogen and oxygen atoms in total. The van der Waals surface area contributed by atoms with E-state index in [9.17, 15) is 0 Å². The third-order valence-electron chi connectivity index (χ3n) is 2.67. The Kier molecular flexibility index (Phi) is 2.95. The van der Waals surface area contributed by atoms with Gasteiger partial charge >= 0.3 is 0 Å². The van der Waals surface area contributed by atoms with E-state index in [4.69, 9.17) is 4.74 Å². The molecule has 0 aliphatic heterocycles. The van der Waals surface area contributed by atoms with Gasteiger partial charge in [0.1, 0.15) is 5.75 Å². The largest absolute Gasteiger partial charge is 0.497 e. The summed E-state index contributed by atoms with van der Waals surface area (Å²) in [4.78, 5) is 0. The van der Waals surface area contributed by atoms with Crippen molar-refractivity contribution in [2.24, 2.45) is 0 Å². The van der Waals surface area contributed by atoms with Crippen molar-refractivity contribution in [1.82, 2.24) is 10.2 Å². The van der Waals surface area contributed by atoms with Crippen LogP contribution in [-0.2, 0) is 0 Å². The number of benzene rings is 1. The molecule has 0 aliphatic carbocycles. The van der Waals surface area contributed by atoms with Gasteiger partial charge in [0.2, 0.25) is 0 Å². The molecule has 0 bridgehead atoms. The fraction of sp³-hybridized carbons (Fsp3) is 0.308. The molecule has 0 fully saturated rings. The van der Waals surface area contributed by atoms with Gasteiger partial charge in [-0.15, -0.1) is 0 Å². The maximum atomic E-state index is 5.25. The second kappa shape index (κ2) is 4.39. The zero-order chi connectivity index (χ0) is 11.5. The summed E-state index contributed by atoms with van der Waals surface area (Å²) in [5, 5.41) is 6.98. The van der Waals surface area contributed by atoms with Gasteiger partial charge in [-0.3, -0.25) is 5.10 Å². The highest BCUT2D eigenvalue weighted by atomic mass is 16.5. The molecule has 84 valence electrons. The lowest BCUT2D eigenvalue weighted by Crippen LogP contribution is -1.94. The van der Waals surface area contributed by atoms with Crippen LogP contribution in [-0.4, -0.2) is 17.3 Å². The molecule has 0 aliphatic rings. The maximum absolute atomic E-state index is 5.25. The second-order valence-corrected chi connectivity index (χ2v) is 4.08. The normalized spacial score (nSPS) is 10.8. The quantitative estimate of drug-likeness (QED) is 0.855. The van der Waals surface area contributed by atoms with E-state index in [1.807, 2.05) is 12.1 Å². The van der Waals surface area contributed by atoms with Crippen molar-refractivity contribution in [2.75, 3.05) is 7.11 Å². The highest BCUT2D eigenvalue weighted by molar-refractivity contribution is 5.65. The first-order valence-electron chi connectivity index (χ1n) is 5.40. The van der Waals surface area contributed by atoms with E-state index in [0.29, 0.717) is 5.92 Å². The Morgan fingerprint density at radius 1 is 1.25 bits per heavy atom. The van der Waals surface area contributed by atoms with E-state index in [0.717, 1.165) is 11.4 Å². The Labute approximate surface area is 95.5 Å². The molecule has 1 aromatic carbocycles. The maximum Gasteiger partial charge on any atom is 0.119 e. The van der Waals surface area contributed by atoms with Crippen LogP contribution >= 0.6 is 0 Å². The van der Waals surface area contributed by atoms with Gasteiger partial charge in [-0.05, 0) is 35.7 Å². The standard InChI is InChI=1S/C13H16N2O/c1-9(2)12-8-10(16-3)4-5-11(12)13-6-7-14-15-13/h4-9H,1-3H3,(H,14,15). The molecule has 2 aromatic rings. The third kappa shape index (κ3) is 1.94. The number of methoxy groups -OCH3 is 1. The molecule has 1 N–H and O–H groups in total. The molecule has 0 saturated heterocycles. The highest BCUT2D eigenvalue weighted by Crippen LogP contribution is 2.30. The molecule has 0 saturated carbocycles. The van der Waals surface area contributed by atoms with Crippen molar-refractivity contribution in [2.45, 2.75) is 19.8 Å². The molecular weight excluding hydrogens is 200 g/mol. The third-order valence-corrected chi connectivity index (χ3v) is 2.67. The number of aromatic amines is 1. The van der Waals surface area contributed by atoms with Crippen LogP contribution in [0, 0.1) is 0 Å². The molecule has 1 heterocycles. The minimum Gasteiger partial charge on any atom is -0.497 e. The summed E-state index contributed by atoms with van der Waals surface area (Å²) in [6.45, 7) is 4.35. The van der Waals surface area contributed by atoms with Crippen molar-refractivity contribution < 1.29 is 4.74 Å². The molecule has 16 heavy (non-hydrogen) atoms. The molecule has 2 rings (SSSR count). The number of hydrogen-bond donors (Lipinski definition) is 1. The molecule has 3 heteroatoms. The van der Waals surface area contributed by atoms with E-state index in [2.05, 4.69) is 36.2 Å². The Bertz CT molecular complexity index is 461. The summed E-state index contributed by atoms with van der Waals surface area (Å²) < 4.78 is 5.25. The van der Waals surface area contributed by atoms with Gasteiger partial charge in [0.25, 0.3) is 0 Å². The zero-order valence-corrected chi connectivity index (χ0v) is 9.82. The Morgan fingerprint density at radius 2 is 2.06 bits per heavy atom. The number of nitrogens with one attached hydrogen (secondary N) is 1. The fourth-order valence-electron chi connectivity index (χ4n) is 1.80. The summed E-state index contributed by atoms with van der Waals surface area (Å²) >= 11 is 0. The summed E-state index contributed by atoms with van der Waals surface area (Å²) in [6.07, 6.45) is 1.77. The minimum absolute atomic E-state index is 0.452. The predicted molar refractivity (Wildman–Crippen MR) is 64.7 cm³/mol. The highest BCUT2D eigenvalue weighted by Gasteiger charge is 2.10. The molecule has 0 atom stereocenters. The summed E-state index contributed by atoms with van der Waals surface area (Å²) in [7, 11) is 1.69. The van der Waals surface area contributed by atoms with E-state index in [-0.39, 0.29) is 0 Å². The van der Waals surface area contributed by atoms with E-state index < -0.39 is 0 Å². The number of H-pyrrole nitrogens is 1. The monoisotopic (exact) mass is 216 g/mol. The van der Waals surface area contributed by atoms with Crippen LogP contribution in [0.5, 0.6) is 5.75 Å². The van der Waals surface area contributed by atoms with Crippen molar-refractivity contribution >= 4 is 0 Å². The van der Waals surface area contributed by atoms with E-state index in [1.54, 1.807) is 13.3 Å². The average molecular weight is 216 g/mol. The first-order chi connectivity index (χ1) is 7.72. The van der Waals surface area contributed by atoms with Crippen molar-refractivity contribution in [3.05, 3.63) is 36.0 Å². The van der Waals surface area contributed by atoms with Gasteiger partial charge in [-0.1, -0.05) is 13.8 Å². The number of ether oxygens (including phenoxy) is 1. The van der Waals surface area contributed by atoms with Crippen molar-refractivity contribution in [1.29, 1.82) is 0 Å². The van der Waals surface area contributed by atoms with Gasteiger partial charge in [-0.2, -0.15) is 5.10 Å². The van der Waals surface area contributed by atoms with Crippen LogP contribution in [0.3, 0.4) is 0 Å². The Hall–Kier alpha value is -1.77. The molecule has 0 unspecified atom stereocenters.